The maximum absolute atomic E-state index is 5.99. The molecule has 154 valence electrons. The number of hydrogen-bond acceptors (Lipinski definition) is 2. The van der Waals surface area contributed by atoms with Gasteiger partial charge in [-0.05, 0) is 57.3 Å². The van der Waals surface area contributed by atoms with Crippen molar-refractivity contribution in [3.63, 3.8) is 0 Å². The highest BCUT2D eigenvalue weighted by atomic mass is 16.5. The van der Waals surface area contributed by atoms with Crippen molar-refractivity contribution in [1.82, 2.24) is 0 Å². The molecule has 32 heavy (non-hydrogen) atoms. The molecule has 0 radical (unpaired) electrons. The van der Waals surface area contributed by atoms with Gasteiger partial charge in [0, 0.05) is 5.56 Å². The molecule has 0 amide bonds. The Labute approximate surface area is 188 Å². The summed E-state index contributed by atoms with van der Waals surface area (Å²) in [5, 5.41) is 2.31. The van der Waals surface area contributed by atoms with E-state index in [1.165, 1.54) is 27.6 Å². The van der Waals surface area contributed by atoms with E-state index in [-0.39, 0.29) is 0 Å². The van der Waals surface area contributed by atoms with Gasteiger partial charge in [-0.25, -0.2) is 0 Å². The Bertz CT molecular complexity index is 1400. The van der Waals surface area contributed by atoms with E-state index in [9.17, 15) is 0 Å². The third-order valence-electron chi connectivity index (χ3n) is 5.64. The number of hydrogen-bond donors (Lipinski definition) is 1. The molecule has 5 rings (SSSR count). The standard InChI is InChI=1S/C30H23NO/c1-21(32-30-10-6-5-9-29(30)31)25-15-16-28-20-26(17-18-27(28)19-25)24-13-11-23(12-14-24)22-7-3-2-4-8-22/h2-20H,1,31H2. The second-order valence-electron chi connectivity index (χ2n) is 7.78. The van der Waals surface area contributed by atoms with Crippen LogP contribution in [0.2, 0.25) is 0 Å². The largest absolute Gasteiger partial charge is 0.455 e. The van der Waals surface area contributed by atoms with Gasteiger partial charge in [0.25, 0.3) is 0 Å². The van der Waals surface area contributed by atoms with E-state index < -0.39 is 0 Å². The number of fused-ring (bicyclic) bond motifs is 1. The average molecular weight is 414 g/mol. The monoisotopic (exact) mass is 413 g/mol. The highest BCUT2D eigenvalue weighted by molar-refractivity contribution is 5.89. The molecule has 0 heterocycles. The fourth-order valence-electron chi connectivity index (χ4n) is 3.85. The van der Waals surface area contributed by atoms with E-state index in [4.69, 9.17) is 10.5 Å². The topological polar surface area (TPSA) is 35.2 Å². The molecule has 0 aliphatic heterocycles. The highest BCUT2D eigenvalue weighted by Gasteiger charge is 2.07. The minimum atomic E-state index is 0.574. The van der Waals surface area contributed by atoms with E-state index >= 15 is 0 Å². The number of benzene rings is 5. The molecular weight excluding hydrogens is 390 g/mol. The molecule has 0 aliphatic rings. The van der Waals surface area contributed by atoms with Crippen LogP contribution in [0.1, 0.15) is 5.56 Å². The Hall–Kier alpha value is -4.30. The molecule has 0 bridgehead atoms. The van der Waals surface area contributed by atoms with Crippen LogP contribution < -0.4 is 10.5 Å². The van der Waals surface area contributed by atoms with Crippen LogP contribution >= 0.6 is 0 Å². The zero-order valence-corrected chi connectivity index (χ0v) is 17.7. The van der Waals surface area contributed by atoms with Crippen LogP contribution in [0, 0.1) is 0 Å². The average Bonchev–Trinajstić information content (AvgIpc) is 2.85. The predicted molar refractivity (Wildman–Crippen MR) is 135 cm³/mol. The van der Waals surface area contributed by atoms with Crippen molar-refractivity contribution in [2.75, 3.05) is 5.73 Å². The number of nitrogens with two attached hydrogens (primary N) is 1. The predicted octanol–water partition coefficient (Wildman–Crippen LogP) is 7.81. The van der Waals surface area contributed by atoms with Crippen LogP contribution in [0.5, 0.6) is 5.75 Å². The van der Waals surface area contributed by atoms with Gasteiger partial charge in [-0.2, -0.15) is 0 Å². The summed E-state index contributed by atoms with van der Waals surface area (Å²) in [6.07, 6.45) is 0. The lowest BCUT2D eigenvalue weighted by Gasteiger charge is -2.12. The van der Waals surface area contributed by atoms with Crippen LogP contribution in [-0.2, 0) is 0 Å². The molecule has 2 N–H and O–H groups in total. The molecule has 0 aliphatic carbocycles. The highest BCUT2D eigenvalue weighted by Crippen LogP contribution is 2.30. The number of nitrogen functional groups attached to an aromatic ring is 1. The Morgan fingerprint density at radius 2 is 1.12 bits per heavy atom. The third kappa shape index (κ3) is 3.99. The van der Waals surface area contributed by atoms with Crippen molar-refractivity contribution in [1.29, 1.82) is 0 Å². The van der Waals surface area contributed by atoms with E-state index in [1.54, 1.807) is 0 Å². The van der Waals surface area contributed by atoms with Gasteiger partial charge in [0.05, 0.1) is 5.69 Å². The number of para-hydroxylation sites is 2. The second kappa shape index (κ2) is 8.44. The molecule has 2 heteroatoms. The maximum Gasteiger partial charge on any atom is 0.150 e. The van der Waals surface area contributed by atoms with Gasteiger partial charge in [0.1, 0.15) is 11.5 Å². The summed E-state index contributed by atoms with van der Waals surface area (Å²) < 4.78 is 5.90. The summed E-state index contributed by atoms with van der Waals surface area (Å²) in [7, 11) is 0. The molecular formula is C30H23NO. The Balaban J connectivity index is 1.39. The number of anilines is 1. The van der Waals surface area contributed by atoms with Gasteiger partial charge in [0.2, 0.25) is 0 Å². The Morgan fingerprint density at radius 1 is 0.562 bits per heavy atom. The summed E-state index contributed by atoms with van der Waals surface area (Å²) in [6, 6.07) is 39.3. The first-order chi connectivity index (χ1) is 15.7. The van der Waals surface area contributed by atoms with Crippen LogP contribution in [-0.4, -0.2) is 0 Å². The van der Waals surface area contributed by atoms with Gasteiger partial charge in [-0.15, -0.1) is 0 Å². The first-order valence-corrected chi connectivity index (χ1v) is 10.6. The molecule has 5 aromatic carbocycles. The van der Waals surface area contributed by atoms with Crippen molar-refractivity contribution < 1.29 is 4.74 Å². The summed E-state index contributed by atoms with van der Waals surface area (Å²) in [6.45, 7) is 4.09. The molecule has 5 aromatic rings. The van der Waals surface area contributed by atoms with Gasteiger partial charge < -0.3 is 10.5 Å². The normalized spacial score (nSPS) is 10.8. The SMILES string of the molecule is C=C(Oc1ccccc1N)c1ccc2cc(-c3ccc(-c4ccccc4)cc3)ccc2c1. The van der Waals surface area contributed by atoms with Crippen molar-refractivity contribution >= 4 is 22.2 Å². The van der Waals surface area contributed by atoms with Crippen molar-refractivity contribution in [2.45, 2.75) is 0 Å². The first-order valence-electron chi connectivity index (χ1n) is 10.6. The van der Waals surface area contributed by atoms with E-state index in [0.717, 1.165) is 10.9 Å². The van der Waals surface area contributed by atoms with Crippen LogP contribution in [0.15, 0.2) is 122 Å². The first kappa shape index (κ1) is 19.7. The van der Waals surface area contributed by atoms with Gasteiger partial charge >= 0.3 is 0 Å². The number of ether oxygens (including phenoxy) is 1. The lowest BCUT2D eigenvalue weighted by molar-refractivity contribution is 0.519. The van der Waals surface area contributed by atoms with Crippen LogP contribution in [0.3, 0.4) is 0 Å². The Morgan fingerprint density at radius 3 is 1.88 bits per heavy atom. The summed E-state index contributed by atoms with van der Waals surface area (Å²) >= 11 is 0. The lowest BCUT2D eigenvalue weighted by Crippen LogP contribution is -1.97. The molecule has 0 spiro atoms. The molecule has 0 unspecified atom stereocenters. The fourth-order valence-corrected chi connectivity index (χ4v) is 3.85. The smallest absolute Gasteiger partial charge is 0.150 e. The Kier molecular flexibility index (Phi) is 5.19. The molecule has 0 saturated heterocycles. The minimum absolute atomic E-state index is 0.574. The maximum atomic E-state index is 5.99. The summed E-state index contributed by atoms with van der Waals surface area (Å²) in [5.74, 6) is 1.19. The minimum Gasteiger partial charge on any atom is -0.455 e. The van der Waals surface area contributed by atoms with E-state index in [2.05, 4.69) is 85.4 Å². The van der Waals surface area contributed by atoms with E-state index in [1.807, 2.05) is 36.4 Å². The lowest BCUT2D eigenvalue weighted by atomic mass is 9.97. The van der Waals surface area contributed by atoms with Gasteiger partial charge in [-0.3, -0.25) is 0 Å². The van der Waals surface area contributed by atoms with Crippen LogP contribution in [0.25, 0.3) is 38.8 Å². The van der Waals surface area contributed by atoms with Gasteiger partial charge in [0.15, 0.2) is 0 Å². The van der Waals surface area contributed by atoms with Crippen molar-refractivity contribution in [2.24, 2.45) is 0 Å². The second-order valence-corrected chi connectivity index (χ2v) is 7.78. The number of rotatable bonds is 5. The fraction of sp³-hybridized carbons (Fsp3) is 0. The summed E-state index contributed by atoms with van der Waals surface area (Å²) in [5.41, 5.74) is 12.3. The third-order valence-corrected chi connectivity index (χ3v) is 5.64. The van der Waals surface area contributed by atoms with Crippen molar-refractivity contribution in [3.8, 4) is 28.0 Å². The van der Waals surface area contributed by atoms with Crippen LogP contribution in [0.4, 0.5) is 5.69 Å². The van der Waals surface area contributed by atoms with Crippen molar-refractivity contribution in [3.05, 3.63) is 127 Å². The van der Waals surface area contributed by atoms with Gasteiger partial charge in [-0.1, -0.05) is 97.6 Å². The zero-order chi connectivity index (χ0) is 21.9. The molecule has 0 aromatic heterocycles. The molecule has 0 fully saturated rings. The summed E-state index contributed by atoms with van der Waals surface area (Å²) in [4.78, 5) is 0. The molecule has 2 nitrogen and oxygen atoms in total. The quantitative estimate of drug-likeness (QED) is 0.236. The molecule has 0 atom stereocenters. The van der Waals surface area contributed by atoms with E-state index in [0.29, 0.717) is 17.2 Å². The molecule has 0 saturated carbocycles. The zero-order valence-electron chi connectivity index (χ0n) is 17.7.